The monoisotopic (exact) mass is 189 g/mol. The summed E-state index contributed by atoms with van der Waals surface area (Å²) in [6.07, 6.45) is 0. The van der Waals surface area contributed by atoms with Crippen molar-refractivity contribution in [3.8, 4) is 6.07 Å². The molecule has 1 rings (SSSR count). The fourth-order valence-corrected chi connectivity index (χ4v) is 1.47. The van der Waals surface area contributed by atoms with E-state index in [1.165, 1.54) is 0 Å². The Labute approximate surface area is 84.7 Å². The van der Waals surface area contributed by atoms with Gasteiger partial charge in [-0.05, 0) is 32.0 Å². The maximum atomic E-state index is 8.93. The van der Waals surface area contributed by atoms with Gasteiger partial charge in [-0.15, -0.1) is 0 Å². The van der Waals surface area contributed by atoms with Crippen LogP contribution in [0.3, 0.4) is 0 Å². The summed E-state index contributed by atoms with van der Waals surface area (Å²) in [5, 5.41) is 8.93. The van der Waals surface area contributed by atoms with Gasteiger partial charge in [0.05, 0.1) is 11.3 Å². The first-order valence-corrected chi connectivity index (χ1v) is 4.77. The second-order valence-corrected chi connectivity index (χ2v) is 3.06. The van der Waals surface area contributed by atoms with Crippen molar-refractivity contribution >= 4 is 11.4 Å². The fourth-order valence-electron chi connectivity index (χ4n) is 1.47. The Kier molecular flexibility index (Phi) is 3.35. The van der Waals surface area contributed by atoms with Crippen molar-refractivity contribution < 1.29 is 0 Å². The summed E-state index contributed by atoms with van der Waals surface area (Å²) in [5.41, 5.74) is 8.00. The van der Waals surface area contributed by atoms with Crippen molar-refractivity contribution in [2.24, 2.45) is 0 Å². The van der Waals surface area contributed by atoms with Crippen molar-refractivity contribution in [3.05, 3.63) is 23.8 Å². The molecule has 0 radical (unpaired) electrons. The predicted octanol–water partition coefficient (Wildman–Crippen LogP) is 1.99. The van der Waals surface area contributed by atoms with Gasteiger partial charge in [-0.25, -0.2) is 0 Å². The minimum absolute atomic E-state index is 0.683. The number of nitriles is 1. The molecular weight excluding hydrogens is 174 g/mol. The zero-order chi connectivity index (χ0) is 10.6. The van der Waals surface area contributed by atoms with Crippen LogP contribution in [0.2, 0.25) is 0 Å². The van der Waals surface area contributed by atoms with Crippen LogP contribution in [0, 0.1) is 11.3 Å². The van der Waals surface area contributed by atoms with Crippen LogP contribution in [-0.2, 0) is 0 Å². The summed E-state index contributed by atoms with van der Waals surface area (Å²) in [6.45, 7) is 5.89. The van der Waals surface area contributed by atoms with E-state index in [9.17, 15) is 0 Å². The first kappa shape index (κ1) is 10.4. The number of benzene rings is 1. The Morgan fingerprint density at radius 1 is 1.36 bits per heavy atom. The Bertz CT molecular complexity index is 348. The normalized spacial score (nSPS) is 9.50. The highest BCUT2D eigenvalue weighted by Gasteiger charge is 2.07. The van der Waals surface area contributed by atoms with Crippen molar-refractivity contribution in [1.82, 2.24) is 0 Å². The highest BCUT2D eigenvalue weighted by molar-refractivity contribution is 5.65. The largest absolute Gasteiger partial charge is 0.399 e. The number of rotatable bonds is 3. The lowest BCUT2D eigenvalue weighted by Crippen LogP contribution is -2.22. The second-order valence-electron chi connectivity index (χ2n) is 3.06. The van der Waals surface area contributed by atoms with Gasteiger partial charge in [-0.3, -0.25) is 0 Å². The molecule has 0 saturated carbocycles. The van der Waals surface area contributed by atoms with E-state index in [0.29, 0.717) is 11.3 Å². The van der Waals surface area contributed by atoms with E-state index in [2.05, 4.69) is 24.8 Å². The lowest BCUT2D eigenvalue weighted by molar-refractivity contribution is 0.865. The molecule has 0 saturated heterocycles. The lowest BCUT2D eigenvalue weighted by atomic mass is 10.1. The van der Waals surface area contributed by atoms with Crippen LogP contribution in [0.1, 0.15) is 19.4 Å². The average Bonchev–Trinajstić information content (AvgIpc) is 2.20. The third kappa shape index (κ3) is 1.97. The van der Waals surface area contributed by atoms with Crippen LogP contribution in [0.4, 0.5) is 11.4 Å². The molecule has 1 aromatic carbocycles. The topological polar surface area (TPSA) is 53.0 Å². The number of nitrogen functional groups attached to an aromatic ring is 1. The first-order valence-electron chi connectivity index (χ1n) is 4.77. The Hall–Kier alpha value is -1.69. The lowest BCUT2D eigenvalue weighted by Gasteiger charge is -2.22. The van der Waals surface area contributed by atoms with Gasteiger partial charge in [0, 0.05) is 18.8 Å². The molecule has 3 heteroatoms. The van der Waals surface area contributed by atoms with Crippen LogP contribution < -0.4 is 10.6 Å². The van der Waals surface area contributed by atoms with Crippen molar-refractivity contribution in [3.63, 3.8) is 0 Å². The van der Waals surface area contributed by atoms with E-state index < -0.39 is 0 Å². The number of hydrogen-bond acceptors (Lipinski definition) is 3. The van der Waals surface area contributed by atoms with Crippen LogP contribution in [0.25, 0.3) is 0 Å². The van der Waals surface area contributed by atoms with Crippen molar-refractivity contribution in [2.75, 3.05) is 23.7 Å². The molecule has 0 aliphatic rings. The van der Waals surface area contributed by atoms with Gasteiger partial charge in [0.15, 0.2) is 0 Å². The van der Waals surface area contributed by atoms with Crippen LogP contribution in [-0.4, -0.2) is 13.1 Å². The highest BCUT2D eigenvalue weighted by Crippen LogP contribution is 2.22. The molecular formula is C11H15N3. The Morgan fingerprint density at radius 2 is 2.00 bits per heavy atom. The molecule has 14 heavy (non-hydrogen) atoms. The molecule has 0 aliphatic carbocycles. The molecule has 0 aromatic heterocycles. The molecule has 0 atom stereocenters. The van der Waals surface area contributed by atoms with Gasteiger partial charge in [0.1, 0.15) is 6.07 Å². The van der Waals surface area contributed by atoms with Crippen molar-refractivity contribution in [2.45, 2.75) is 13.8 Å². The number of nitrogens with zero attached hydrogens (tertiary/aromatic N) is 2. The standard InChI is InChI=1S/C11H15N3/c1-3-14(4-2)11-7-10(13)6-5-9(11)8-12/h5-7H,3-4,13H2,1-2H3. The van der Waals surface area contributed by atoms with Gasteiger partial charge in [-0.2, -0.15) is 5.26 Å². The van der Waals surface area contributed by atoms with Gasteiger partial charge < -0.3 is 10.6 Å². The van der Waals surface area contributed by atoms with Crippen LogP contribution in [0.5, 0.6) is 0 Å². The highest BCUT2D eigenvalue weighted by atomic mass is 15.1. The second kappa shape index (κ2) is 4.52. The summed E-state index contributed by atoms with van der Waals surface area (Å²) in [6, 6.07) is 7.55. The number of nitrogens with two attached hydrogens (primary N) is 1. The Balaban J connectivity index is 3.16. The van der Waals surface area contributed by atoms with E-state index in [4.69, 9.17) is 11.0 Å². The molecule has 0 unspecified atom stereocenters. The summed E-state index contributed by atoms with van der Waals surface area (Å²) in [7, 11) is 0. The van der Waals surface area contributed by atoms with E-state index in [-0.39, 0.29) is 0 Å². The smallest absolute Gasteiger partial charge is 0.101 e. The molecule has 0 amide bonds. The quantitative estimate of drug-likeness (QED) is 0.740. The predicted molar refractivity (Wildman–Crippen MR) is 59.1 cm³/mol. The van der Waals surface area contributed by atoms with Gasteiger partial charge in [0.2, 0.25) is 0 Å². The van der Waals surface area contributed by atoms with Gasteiger partial charge in [0.25, 0.3) is 0 Å². The molecule has 0 spiro atoms. The molecule has 0 aliphatic heterocycles. The number of hydrogen-bond donors (Lipinski definition) is 1. The third-order valence-corrected chi connectivity index (χ3v) is 2.25. The number of anilines is 2. The van der Waals surface area contributed by atoms with Crippen LogP contribution in [0.15, 0.2) is 18.2 Å². The molecule has 3 nitrogen and oxygen atoms in total. The third-order valence-electron chi connectivity index (χ3n) is 2.25. The van der Waals surface area contributed by atoms with E-state index >= 15 is 0 Å². The molecule has 2 N–H and O–H groups in total. The Morgan fingerprint density at radius 3 is 2.50 bits per heavy atom. The summed E-state index contributed by atoms with van der Waals surface area (Å²) < 4.78 is 0. The minimum atomic E-state index is 0.683. The van der Waals surface area contributed by atoms with E-state index in [1.54, 1.807) is 12.1 Å². The maximum Gasteiger partial charge on any atom is 0.101 e. The minimum Gasteiger partial charge on any atom is -0.399 e. The average molecular weight is 189 g/mol. The summed E-state index contributed by atoms with van der Waals surface area (Å²) in [4.78, 5) is 2.12. The molecule has 1 aromatic rings. The van der Waals surface area contributed by atoms with E-state index in [0.717, 1.165) is 18.8 Å². The molecule has 0 heterocycles. The molecule has 0 bridgehead atoms. The van der Waals surface area contributed by atoms with Gasteiger partial charge in [-0.1, -0.05) is 0 Å². The first-order chi connectivity index (χ1) is 6.72. The van der Waals surface area contributed by atoms with E-state index in [1.807, 2.05) is 6.07 Å². The maximum absolute atomic E-state index is 8.93. The van der Waals surface area contributed by atoms with Gasteiger partial charge >= 0.3 is 0 Å². The van der Waals surface area contributed by atoms with Crippen LogP contribution >= 0.6 is 0 Å². The summed E-state index contributed by atoms with van der Waals surface area (Å²) in [5.74, 6) is 0. The van der Waals surface area contributed by atoms with Crippen molar-refractivity contribution in [1.29, 1.82) is 5.26 Å². The molecule has 74 valence electrons. The fraction of sp³-hybridized carbons (Fsp3) is 0.364. The SMILES string of the molecule is CCN(CC)c1cc(N)ccc1C#N. The zero-order valence-corrected chi connectivity index (χ0v) is 8.62. The molecule has 0 fully saturated rings. The summed E-state index contributed by atoms with van der Waals surface area (Å²) >= 11 is 0. The zero-order valence-electron chi connectivity index (χ0n) is 8.62.